The predicted octanol–water partition coefficient (Wildman–Crippen LogP) is 3.85. The van der Waals surface area contributed by atoms with E-state index in [2.05, 4.69) is 4.74 Å². The van der Waals surface area contributed by atoms with Crippen LogP contribution in [0.5, 0.6) is 0 Å². The number of carbonyl (C=O) groups excluding carboxylic acids is 1. The minimum absolute atomic E-state index is 0.249. The molecule has 120 valence electrons. The molecule has 0 aliphatic carbocycles. The van der Waals surface area contributed by atoms with Gasteiger partial charge in [0.2, 0.25) is 6.10 Å². The van der Waals surface area contributed by atoms with Gasteiger partial charge in [0.25, 0.3) is 0 Å². The number of carbonyl (C=O) groups is 2. The highest BCUT2D eigenvalue weighted by Gasteiger charge is 2.44. The molecule has 2 aromatic rings. The van der Waals surface area contributed by atoms with Crippen LogP contribution in [0.1, 0.15) is 32.4 Å². The van der Waals surface area contributed by atoms with Gasteiger partial charge in [-0.25, -0.2) is 9.59 Å². The number of carboxylic acid groups (broad SMARTS) is 1. The fourth-order valence-corrected chi connectivity index (χ4v) is 1.97. The monoisotopic (exact) mass is 324 g/mol. The van der Waals surface area contributed by atoms with Crippen molar-refractivity contribution in [3.05, 3.63) is 71.3 Å². The Morgan fingerprint density at radius 1 is 0.913 bits per heavy atom. The molecule has 0 aliphatic heterocycles. The van der Waals surface area contributed by atoms with Gasteiger partial charge < -0.3 is 9.84 Å². The SMILES string of the molecule is O=C(O)c1ccccc1C(=O)O[C@@H](c1ccccc1)C(F)(F)F. The van der Waals surface area contributed by atoms with Crippen molar-refractivity contribution < 1.29 is 32.6 Å². The quantitative estimate of drug-likeness (QED) is 0.868. The zero-order valence-electron chi connectivity index (χ0n) is 11.6. The Kier molecular flexibility index (Phi) is 4.68. The van der Waals surface area contributed by atoms with Crippen molar-refractivity contribution in [2.45, 2.75) is 12.3 Å². The second-order valence-electron chi connectivity index (χ2n) is 4.59. The first kappa shape index (κ1) is 16.5. The first-order valence-corrected chi connectivity index (χ1v) is 6.45. The van der Waals surface area contributed by atoms with Crippen molar-refractivity contribution >= 4 is 11.9 Å². The average molecular weight is 324 g/mol. The number of carboxylic acids is 1. The van der Waals surface area contributed by atoms with Gasteiger partial charge in [0, 0.05) is 5.56 Å². The number of hydrogen-bond acceptors (Lipinski definition) is 3. The molecule has 0 bridgehead atoms. The van der Waals surface area contributed by atoms with Crippen LogP contribution in [0.4, 0.5) is 13.2 Å². The van der Waals surface area contributed by atoms with Crippen LogP contribution in [0, 0.1) is 0 Å². The van der Waals surface area contributed by atoms with E-state index in [0.717, 1.165) is 12.1 Å². The van der Waals surface area contributed by atoms with E-state index in [0.29, 0.717) is 0 Å². The highest BCUT2D eigenvalue weighted by Crippen LogP contribution is 2.36. The van der Waals surface area contributed by atoms with Gasteiger partial charge in [-0.1, -0.05) is 42.5 Å². The van der Waals surface area contributed by atoms with E-state index in [9.17, 15) is 22.8 Å². The van der Waals surface area contributed by atoms with E-state index in [1.807, 2.05) is 0 Å². The predicted molar refractivity (Wildman–Crippen MR) is 74.1 cm³/mol. The maximum atomic E-state index is 13.1. The Bertz CT molecular complexity index is 711. The lowest BCUT2D eigenvalue weighted by Gasteiger charge is -2.21. The first-order chi connectivity index (χ1) is 10.8. The molecule has 0 heterocycles. The summed E-state index contributed by atoms with van der Waals surface area (Å²) in [7, 11) is 0. The van der Waals surface area contributed by atoms with Crippen molar-refractivity contribution in [2.75, 3.05) is 0 Å². The summed E-state index contributed by atoms with van der Waals surface area (Å²) in [5, 5.41) is 9.00. The van der Waals surface area contributed by atoms with Crippen LogP contribution in [-0.2, 0) is 4.74 Å². The molecule has 0 saturated carbocycles. The third-order valence-corrected chi connectivity index (χ3v) is 3.00. The summed E-state index contributed by atoms with van der Waals surface area (Å²) in [6.45, 7) is 0. The Hall–Kier alpha value is -2.83. The standard InChI is InChI=1S/C16H11F3O4/c17-16(18,19)13(10-6-2-1-3-7-10)23-15(22)12-9-5-4-8-11(12)14(20)21/h1-9,13H,(H,20,21)/t13-/m0/s1. The third-order valence-electron chi connectivity index (χ3n) is 3.00. The number of rotatable bonds is 4. The van der Waals surface area contributed by atoms with Crippen LogP contribution in [-0.4, -0.2) is 23.2 Å². The van der Waals surface area contributed by atoms with Crippen LogP contribution < -0.4 is 0 Å². The molecular weight excluding hydrogens is 313 g/mol. The molecule has 2 aromatic carbocycles. The molecule has 0 saturated heterocycles. The lowest BCUT2D eigenvalue weighted by Crippen LogP contribution is -2.27. The molecule has 0 fully saturated rings. The smallest absolute Gasteiger partial charge is 0.429 e. The second kappa shape index (κ2) is 6.51. The molecular formula is C16H11F3O4. The van der Waals surface area contributed by atoms with E-state index in [1.54, 1.807) is 0 Å². The summed E-state index contributed by atoms with van der Waals surface area (Å²) in [4.78, 5) is 23.1. The van der Waals surface area contributed by atoms with Gasteiger partial charge in [0.15, 0.2) is 0 Å². The maximum Gasteiger partial charge on any atom is 0.429 e. The molecule has 0 radical (unpaired) electrons. The lowest BCUT2D eigenvalue weighted by atomic mass is 10.1. The molecule has 1 N–H and O–H groups in total. The molecule has 1 atom stereocenters. The molecule has 0 aliphatic rings. The molecule has 23 heavy (non-hydrogen) atoms. The largest absolute Gasteiger partial charge is 0.478 e. The lowest BCUT2D eigenvalue weighted by molar-refractivity contribution is -0.207. The summed E-state index contributed by atoms with van der Waals surface area (Å²) in [6.07, 6.45) is -7.30. The number of alkyl halides is 3. The van der Waals surface area contributed by atoms with E-state index in [-0.39, 0.29) is 5.56 Å². The Morgan fingerprint density at radius 2 is 1.43 bits per heavy atom. The summed E-state index contributed by atoms with van der Waals surface area (Å²) in [5.41, 5.74) is -1.11. The maximum absolute atomic E-state index is 13.1. The van der Waals surface area contributed by atoms with E-state index in [1.165, 1.54) is 42.5 Å². The first-order valence-electron chi connectivity index (χ1n) is 6.45. The molecule has 0 aromatic heterocycles. The van der Waals surface area contributed by atoms with Crippen LogP contribution in [0.25, 0.3) is 0 Å². The molecule has 7 heteroatoms. The van der Waals surface area contributed by atoms with Gasteiger partial charge >= 0.3 is 18.1 Å². The van der Waals surface area contributed by atoms with Gasteiger partial charge in [0.05, 0.1) is 11.1 Å². The number of halogens is 3. The van der Waals surface area contributed by atoms with Crippen LogP contribution in [0.2, 0.25) is 0 Å². The molecule has 4 nitrogen and oxygen atoms in total. The third kappa shape index (κ3) is 3.88. The van der Waals surface area contributed by atoms with Crippen molar-refractivity contribution in [3.8, 4) is 0 Å². The number of ether oxygens (including phenoxy) is 1. The highest BCUT2D eigenvalue weighted by molar-refractivity contribution is 6.02. The van der Waals surface area contributed by atoms with E-state index < -0.39 is 35.3 Å². The van der Waals surface area contributed by atoms with Crippen molar-refractivity contribution in [1.29, 1.82) is 0 Å². The molecule has 2 rings (SSSR count). The van der Waals surface area contributed by atoms with Gasteiger partial charge in [-0.15, -0.1) is 0 Å². The second-order valence-corrected chi connectivity index (χ2v) is 4.59. The normalized spacial score (nSPS) is 12.5. The average Bonchev–Trinajstić information content (AvgIpc) is 2.52. The Balaban J connectivity index is 2.35. The van der Waals surface area contributed by atoms with Crippen molar-refractivity contribution in [1.82, 2.24) is 0 Å². The number of hydrogen-bond donors (Lipinski definition) is 1. The minimum atomic E-state index is -4.82. The topological polar surface area (TPSA) is 63.6 Å². The number of benzene rings is 2. The van der Waals surface area contributed by atoms with Gasteiger partial charge in [-0.2, -0.15) is 13.2 Å². The van der Waals surface area contributed by atoms with Crippen molar-refractivity contribution in [2.24, 2.45) is 0 Å². The number of aromatic carboxylic acids is 1. The zero-order valence-corrected chi connectivity index (χ0v) is 11.6. The fraction of sp³-hybridized carbons (Fsp3) is 0.125. The molecule has 0 unspecified atom stereocenters. The zero-order chi connectivity index (χ0) is 17.0. The van der Waals surface area contributed by atoms with Gasteiger partial charge in [-0.3, -0.25) is 0 Å². The van der Waals surface area contributed by atoms with Gasteiger partial charge in [0.1, 0.15) is 0 Å². The van der Waals surface area contributed by atoms with Crippen LogP contribution >= 0.6 is 0 Å². The summed E-state index contributed by atoms with van der Waals surface area (Å²) >= 11 is 0. The fourth-order valence-electron chi connectivity index (χ4n) is 1.97. The summed E-state index contributed by atoms with van der Waals surface area (Å²) in [6, 6.07) is 11.6. The number of esters is 1. The van der Waals surface area contributed by atoms with Crippen LogP contribution in [0.3, 0.4) is 0 Å². The van der Waals surface area contributed by atoms with Crippen LogP contribution in [0.15, 0.2) is 54.6 Å². The Morgan fingerprint density at radius 3 is 1.96 bits per heavy atom. The molecule has 0 amide bonds. The Labute approximate surface area is 129 Å². The van der Waals surface area contributed by atoms with Crippen molar-refractivity contribution in [3.63, 3.8) is 0 Å². The highest BCUT2D eigenvalue weighted by atomic mass is 19.4. The summed E-state index contributed by atoms with van der Waals surface area (Å²) in [5.74, 6) is -2.78. The molecule has 0 spiro atoms. The van der Waals surface area contributed by atoms with Gasteiger partial charge in [-0.05, 0) is 12.1 Å². The van der Waals surface area contributed by atoms with E-state index in [4.69, 9.17) is 5.11 Å². The van der Waals surface area contributed by atoms with E-state index >= 15 is 0 Å². The summed E-state index contributed by atoms with van der Waals surface area (Å²) < 4.78 is 44.0. The minimum Gasteiger partial charge on any atom is -0.478 e.